The highest BCUT2D eigenvalue weighted by atomic mass is 14.6. The van der Waals surface area contributed by atoms with Gasteiger partial charge in [0.2, 0.25) is 0 Å². The molecule has 72 heavy (non-hydrogen) atoms. The molecular weight excluding hydrogens is 881 g/mol. The monoisotopic (exact) mass is 969 g/mol. The molecule has 8 nitrogen and oxygen atoms in total. The summed E-state index contributed by atoms with van der Waals surface area (Å²) in [7, 11) is 0. The quantitative estimate of drug-likeness (QED) is 0.0777. The van der Waals surface area contributed by atoms with Crippen molar-refractivity contribution in [1.82, 2.24) is 0 Å². The SMILES string of the molecule is Cc1cc(C)cc(N)c1.Cc1ccc(CN)cc1.Cc1ccc(N)cc1C.Cc1cccc(C)c1N.Cc1cccc(CN)c1.Cc1cccc(CN)c1C.Cc1ccccc1CN.NCc1ccccc1. The van der Waals surface area contributed by atoms with Crippen molar-refractivity contribution in [3.05, 3.63) is 265 Å². The summed E-state index contributed by atoms with van der Waals surface area (Å²) in [6.07, 6.45) is 0. The molecule has 0 radical (unpaired) electrons. The maximum absolute atomic E-state index is 5.68. The number of benzene rings is 8. The summed E-state index contributed by atoms with van der Waals surface area (Å²) in [4.78, 5) is 0. The van der Waals surface area contributed by atoms with Crippen molar-refractivity contribution in [3.63, 3.8) is 0 Å². The van der Waals surface area contributed by atoms with Crippen molar-refractivity contribution in [1.29, 1.82) is 0 Å². The van der Waals surface area contributed by atoms with Gasteiger partial charge in [-0.2, -0.15) is 0 Å². The third kappa shape index (κ3) is 26.8. The molecule has 0 unspecified atom stereocenters. The highest BCUT2D eigenvalue weighted by Gasteiger charge is 1.97. The van der Waals surface area contributed by atoms with Gasteiger partial charge >= 0.3 is 0 Å². The van der Waals surface area contributed by atoms with Crippen LogP contribution in [0.3, 0.4) is 0 Å². The van der Waals surface area contributed by atoms with E-state index in [4.69, 9.17) is 45.9 Å². The molecule has 0 amide bonds. The molecule has 0 saturated carbocycles. The van der Waals surface area contributed by atoms with Gasteiger partial charge in [0.05, 0.1) is 0 Å². The minimum atomic E-state index is 0.639. The van der Waals surface area contributed by atoms with E-state index in [1.54, 1.807) is 0 Å². The van der Waals surface area contributed by atoms with Gasteiger partial charge in [0.1, 0.15) is 0 Å². The molecule has 384 valence electrons. The van der Waals surface area contributed by atoms with Crippen molar-refractivity contribution in [2.45, 2.75) is 109 Å². The molecular formula is C64H88N8. The standard InChI is InChI=1S/C9H13N.6C8H11N.C7H9N/c1-7-4-3-5-9(6-10)8(7)2;1-6-3-7(2)5-8(9)4-6;1-6-3-4-8(9)5-7(6)2;1-6-4-3-5-7(2)8(6)9;1-7-2-4-8(6-9)5-3-7;1-7-3-2-4-8(5-7)6-9;1-7-4-2-3-5-8(7)6-9;8-6-7-4-2-1-3-5-7/h3-5H,6,10H2,1-2H3;3*3-5H,9H2,1-2H3;3*2-5H,6,9H2,1H3;1-5H,6,8H2. The number of rotatable bonds is 5. The number of nitrogens with two attached hydrogens (primary N) is 8. The van der Waals surface area contributed by atoms with E-state index < -0.39 is 0 Å². The number of anilines is 3. The Labute approximate surface area is 434 Å². The van der Waals surface area contributed by atoms with Crippen LogP contribution in [0.25, 0.3) is 0 Å². The minimum absolute atomic E-state index is 0.639. The predicted octanol–water partition coefficient (Wildman–Crippen LogP) is 12.9. The first-order valence-corrected chi connectivity index (χ1v) is 24.5. The second-order valence-electron chi connectivity index (χ2n) is 17.8. The third-order valence-corrected chi connectivity index (χ3v) is 11.5. The van der Waals surface area contributed by atoms with E-state index in [1.165, 1.54) is 77.9 Å². The molecule has 0 bridgehead atoms. The zero-order valence-electron chi connectivity index (χ0n) is 45.4. The highest BCUT2D eigenvalue weighted by molar-refractivity contribution is 5.52. The third-order valence-electron chi connectivity index (χ3n) is 11.5. The largest absolute Gasteiger partial charge is 0.399 e. The molecule has 0 aromatic heterocycles. The molecule has 0 fully saturated rings. The Balaban J connectivity index is 0.000000412. The summed E-state index contributed by atoms with van der Waals surface area (Å²) in [5.41, 5.74) is 66.4. The van der Waals surface area contributed by atoms with Crippen LogP contribution < -0.4 is 45.9 Å². The van der Waals surface area contributed by atoms with Gasteiger partial charge in [0, 0.05) is 49.8 Å². The topological polar surface area (TPSA) is 208 Å². The second-order valence-corrected chi connectivity index (χ2v) is 17.8. The fourth-order valence-corrected chi connectivity index (χ4v) is 6.65. The molecule has 0 spiro atoms. The zero-order chi connectivity index (χ0) is 54.0. The molecule has 0 heterocycles. The number of hydrogen-bond acceptors (Lipinski definition) is 8. The Morgan fingerprint density at radius 3 is 1.14 bits per heavy atom. The van der Waals surface area contributed by atoms with E-state index in [2.05, 4.69) is 115 Å². The number of hydrogen-bond donors (Lipinski definition) is 8. The molecule has 0 atom stereocenters. The normalized spacial score (nSPS) is 9.56. The zero-order valence-corrected chi connectivity index (χ0v) is 45.4. The van der Waals surface area contributed by atoms with Crippen molar-refractivity contribution in [2.24, 2.45) is 28.7 Å². The molecule has 8 aromatic carbocycles. The van der Waals surface area contributed by atoms with Crippen LogP contribution in [0, 0.1) is 76.2 Å². The molecule has 0 aliphatic carbocycles. The average molecular weight is 969 g/mol. The van der Waals surface area contributed by atoms with Crippen LogP contribution in [-0.2, 0) is 32.7 Å². The van der Waals surface area contributed by atoms with Crippen molar-refractivity contribution in [2.75, 3.05) is 17.2 Å². The molecule has 8 rings (SSSR count). The Morgan fingerprint density at radius 1 is 0.264 bits per heavy atom. The molecule has 0 aliphatic heterocycles. The molecule has 8 heteroatoms. The first-order chi connectivity index (χ1) is 34.3. The van der Waals surface area contributed by atoms with E-state index in [9.17, 15) is 0 Å². The van der Waals surface area contributed by atoms with Crippen molar-refractivity contribution >= 4 is 17.1 Å². The van der Waals surface area contributed by atoms with Gasteiger partial charge in [0.25, 0.3) is 0 Å². The highest BCUT2D eigenvalue weighted by Crippen LogP contribution is 2.15. The van der Waals surface area contributed by atoms with Gasteiger partial charge in [-0.3, -0.25) is 0 Å². The fraction of sp³-hybridized carbons (Fsp3) is 0.250. The van der Waals surface area contributed by atoms with Crippen LogP contribution in [-0.4, -0.2) is 0 Å². The summed E-state index contributed by atoms with van der Waals surface area (Å²) in [6, 6.07) is 58.9. The van der Waals surface area contributed by atoms with Crippen LogP contribution in [0.15, 0.2) is 176 Å². The van der Waals surface area contributed by atoms with Crippen LogP contribution in [0.5, 0.6) is 0 Å². The van der Waals surface area contributed by atoms with Crippen LogP contribution in [0.1, 0.15) is 89.0 Å². The summed E-state index contributed by atoms with van der Waals surface area (Å²) in [6.45, 7) is 25.9. The Morgan fingerprint density at radius 2 is 0.722 bits per heavy atom. The van der Waals surface area contributed by atoms with Gasteiger partial charge in [0.15, 0.2) is 0 Å². The van der Waals surface area contributed by atoms with Crippen LogP contribution >= 0.6 is 0 Å². The van der Waals surface area contributed by atoms with E-state index in [0.717, 1.165) is 28.2 Å². The van der Waals surface area contributed by atoms with Gasteiger partial charge in [-0.1, -0.05) is 163 Å². The van der Waals surface area contributed by atoms with Gasteiger partial charge < -0.3 is 45.9 Å². The molecule has 0 saturated heterocycles. The lowest BCUT2D eigenvalue weighted by atomic mass is 10.0. The molecule has 0 aliphatic rings. The lowest BCUT2D eigenvalue weighted by molar-refractivity contribution is 1.04. The number of nitrogen functional groups attached to an aromatic ring is 3. The van der Waals surface area contributed by atoms with E-state index in [0.29, 0.717) is 32.7 Å². The minimum Gasteiger partial charge on any atom is -0.399 e. The number of para-hydroxylation sites is 1. The maximum atomic E-state index is 5.68. The molecule has 16 N–H and O–H groups in total. The van der Waals surface area contributed by atoms with Crippen LogP contribution in [0.4, 0.5) is 17.1 Å². The van der Waals surface area contributed by atoms with Crippen molar-refractivity contribution in [3.8, 4) is 0 Å². The summed E-state index contributed by atoms with van der Waals surface area (Å²) in [5, 5.41) is 0. The first-order valence-electron chi connectivity index (χ1n) is 24.5. The second kappa shape index (κ2) is 36.0. The maximum Gasteiger partial charge on any atom is 0.0373 e. The average Bonchev–Trinajstić information content (AvgIpc) is 3.37. The Kier molecular flexibility index (Phi) is 31.5. The van der Waals surface area contributed by atoms with Crippen molar-refractivity contribution < 1.29 is 0 Å². The summed E-state index contributed by atoms with van der Waals surface area (Å²) in [5.74, 6) is 0. The fourth-order valence-electron chi connectivity index (χ4n) is 6.65. The lowest BCUT2D eigenvalue weighted by Crippen LogP contribution is -1.99. The number of aryl methyl sites for hydroxylation is 10. The summed E-state index contributed by atoms with van der Waals surface area (Å²) < 4.78 is 0. The smallest absolute Gasteiger partial charge is 0.0373 e. The predicted molar refractivity (Wildman–Crippen MR) is 316 cm³/mol. The van der Waals surface area contributed by atoms with Crippen LogP contribution in [0.2, 0.25) is 0 Å². The Bertz CT molecular complexity index is 2640. The van der Waals surface area contributed by atoms with Gasteiger partial charge in [-0.05, 0) is 178 Å². The lowest BCUT2D eigenvalue weighted by Gasteiger charge is -2.04. The summed E-state index contributed by atoms with van der Waals surface area (Å²) >= 11 is 0. The van der Waals surface area contributed by atoms with E-state index >= 15 is 0 Å². The van der Waals surface area contributed by atoms with Gasteiger partial charge in [-0.25, -0.2) is 0 Å². The van der Waals surface area contributed by atoms with Gasteiger partial charge in [-0.15, -0.1) is 0 Å². The first kappa shape index (κ1) is 63.0. The van der Waals surface area contributed by atoms with E-state index in [1.807, 2.05) is 137 Å². The molecule has 8 aromatic rings. The van der Waals surface area contributed by atoms with E-state index in [-0.39, 0.29) is 0 Å². The Hall–Kier alpha value is -7.04.